The van der Waals surface area contributed by atoms with Crippen molar-refractivity contribution in [2.45, 2.75) is 46.0 Å². The molecule has 0 bridgehead atoms. The number of aliphatic carboxylic acids is 1. The molecule has 1 heterocycles. The zero-order chi connectivity index (χ0) is 12.5. The Bertz CT molecular complexity index is 375. The van der Waals surface area contributed by atoms with Gasteiger partial charge in [-0.05, 0) is 5.92 Å². The number of aromatic amines is 1. The van der Waals surface area contributed by atoms with Crippen LogP contribution in [-0.4, -0.2) is 21.0 Å². The van der Waals surface area contributed by atoms with Gasteiger partial charge in [0.1, 0.15) is 11.7 Å². The smallest absolute Gasteiger partial charge is 0.314 e. The van der Waals surface area contributed by atoms with E-state index in [1.54, 1.807) is 6.20 Å². The average molecular weight is 224 g/mol. The summed E-state index contributed by atoms with van der Waals surface area (Å²) in [7, 11) is 0. The molecule has 0 amide bonds. The third-order valence-corrected chi connectivity index (χ3v) is 2.63. The van der Waals surface area contributed by atoms with E-state index in [1.165, 1.54) is 0 Å². The Hall–Kier alpha value is -1.32. The fraction of sp³-hybridized carbons (Fsp3) is 0.667. The second-order valence-electron chi connectivity index (χ2n) is 5.49. The molecule has 2 N–H and O–H groups in total. The maximum absolute atomic E-state index is 11.1. The first-order valence-electron chi connectivity index (χ1n) is 5.51. The second-order valence-corrected chi connectivity index (χ2v) is 5.49. The summed E-state index contributed by atoms with van der Waals surface area (Å²) < 4.78 is 0. The molecule has 0 fully saturated rings. The number of rotatable bonds is 3. The normalized spacial score (nSPS) is 14.1. The number of nitrogens with one attached hydrogen (secondary N) is 1. The van der Waals surface area contributed by atoms with E-state index >= 15 is 0 Å². The molecule has 0 aliphatic rings. The van der Waals surface area contributed by atoms with Crippen molar-refractivity contribution in [2.75, 3.05) is 0 Å². The Labute approximate surface area is 96.1 Å². The number of carboxylic acid groups (broad SMARTS) is 1. The summed E-state index contributed by atoms with van der Waals surface area (Å²) >= 11 is 0. The lowest BCUT2D eigenvalue weighted by Gasteiger charge is -2.17. The van der Waals surface area contributed by atoms with E-state index in [0.29, 0.717) is 5.82 Å². The minimum absolute atomic E-state index is 0.0245. The third-order valence-electron chi connectivity index (χ3n) is 2.63. The molecule has 1 aromatic rings. The molecule has 1 unspecified atom stereocenters. The Morgan fingerprint density at radius 2 is 2.00 bits per heavy atom. The number of carbonyl (C=O) groups is 1. The molecule has 90 valence electrons. The highest BCUT2D eigenvalue weighted by Gasteiger charge is 2.28. The van der Waals surface area contributed by atoms with E-state index in [1.807, 2.05) is 13.8 Å². The van der Waals surface area contributed by atoms with Crippen molar-refractivity contribution in [3.8, 4) is 0 Å². The van der Waals surface area contributed by atoms with Crippen molar-refractivity contribution in [3.05, 3.63) is 17.7 Å². The first-order valence-corrected chi connectivity index (χ1v) is 5.51. The van der Waals surface area contributed by atoms with Gasteiger partial charge in [0.25, 0.3) is 0 Å². The lowest BCUT2D eigenvalue weighted by molar-refractivity contribution is -0.140. The van der Waals surface area contributed by atoms with Crippen LogP contribution in [0.3, 0.4) is 0 Å². The number of aromatic nitrogens is 2. The molecule has 0 spiro atoms. The van der Waals surface area contributed by atoms with Gasteiger partial charge >= 0.3 is 5.97 Å². The van der Waals surface area contributed by atoms with Crippen LogP contribution in [0.1, 0.15) is 52.1 Å². The lowest BCUT2D eigenvalue weighted by Crippen LogP contribution is -2.19. The maximum Gasteiger partial charge on any atom is 0.314 e. The molecule has 0 saturated heterocycles. The Morgan fingerprint density at radius 3 is 2.31 bits per heavy atom. The maximum atomic E-state index is 11.1. The highest BCUT2D eigenvalue weighted by atomic mass is 16.4. The Balaban J connectivity index is 3.04. The summed E-state index contributed by atoms with van der Waals surface area (Å²) in [5.74, 6) is -0.815. The summed E-state index contributed by atoms with van der Waals surface area (Å²) in [5.41, 5.74) is 0.931. The van der Waals surface area contributed by atoms with E-state index in [2.05, 4.69) is 30.7 Å². The number of hydrogen-bond donors (Lipinski definition) is 2. The molecule has 0 radical (unpaired) electrons. The molecule has 0 aliphatic heterocycles. The molecule has 4 nitrogen and oxygen atoms in total. The molecule has 1 aromatic heterocycles. The first kappa shape index (κ1) is 12.7. The number of carboxylic acids is 1. The van der Waals surface area contributed by atoms with Gasteiger partial charge in [-0.1, -0.05) is 34.6 Å². The van der Waals surface area contributed by atoms with E-state index in [4.69, 9.17) is 5.11 Å². The van der Waals surface area contributed by atoms with Crippen LogP contribution in [0, 0.1) is 5.92 Å². The van der Waals surface area contributed by atoms with Crippen molar-refractivity contribution >= 4 is 5.97 Å². The Morgan fingerprint density at radius 1 is 1.44 bits per heavy atom. The van der Waals surface area contributed by atoms with Gasteiger partial charge in [-0.2, -0.15) is 0 Å². The van der Waals surface area contributed by atoms with Crippen LogP contribution in [0.15, 0.2) is 6.20 Å². The molecule has 1 rings (SSSR count). The minimum Gasteiger partial charge on any atom is -0.481 e. The molecule has 4 heteroatoms. The summed E-state index contributed by atoms with van der Waals surface area (Å²) in [5, 5.41) is 9.15. The van der Waals surface area contributed by atoms with Gasteiger partial charge in [0.15, 0.2) is 0 Å². The number of nitrogens with zero attached hydrogens (tertiary/aromatic N) is 1. The van der Waals surface area contributed by atoms with E-state index in [0.717, 1.165) is 5.69 Å². The standard InChI is InChI=1S/C12H20N2O2/c1-7(2)9(11(15)16)10-13-6-8(14-10)12(3,4)5/h6-7,9H,1-5H3,(H,13,14)(H,15,16). The molecule has 0 aromatic carbocycles. The summed E-state index contributed by atoms with van der Waals surface area (Å²) in [4.78, 5) is 18.5. The van der Waals surface area contributed by atoms with E-state index in [-0.39, 0.29) is 11.3 Å². The van der Waals surface area contributed by atoms with Crippen LogP contribution in [0.25, 0.3) is 0 Å². The predicted octanol–water partition coefficient (Wildman–Crippen LogP) is 2.53. The molecule has 0 saturated carbocycles. The van der Waals surface area contributed by atoms with Crippen LogP contribution in [0.2, 0.25) is 0 Å². The van der Waals surface area contributed by atoms with Crippen molar-refractivity contribution in [3.63, 3.8) is 0 Å². The molecular formula is C12H20N2O2. The van der Waals surface area contributed by atoms with Crippen molar-refractivity contribution < 1.29 is 9.90 Å². The SMILES string of the molecule is CC(C)C(C(=O)O)c1ncc(C(C)(C)C)[nH]1. The van der Waals surface area contributed by atoms with E-state index < -0.39 is 11.9 Å². The van der Waals surface area contributed by atoms with Crippen LogP contribution in [0.4, 0.5) is 0 Å². The zero-order valence-electron chi connectivity index (χ0n) is 10.5. The van der Waals surface area contributed by atoms with Crippen molar-refractivity contribution in [1.82, 2.24) is 9.97 Å². The summed E-state index contributed by atoms with van der Waals surface area (Å²) in [6.07, 6.45) is 1.73. The van der Waals surface area contributed by atoms with Gasteiger partial charge in [-0.15, -0.1) is 0 Å². The minimum atomic E-state index is -0.829. The van der Waals surface area contributed by atoms with Gasteiger partial charge in [-0.25, -0.2) is 4.98 Å². The third kappa shape index (κ3) is 2.62. The topological polar surface area (TPSA) is 66.0 Å². The summed E-state index contributed by atoms with van der Waals surface area (Å²) in [6, 6.07) is 0. The fourth-order valence-corrected chi connectivity index (χ4v) is 1.59. The van der Waals surface area contributed by atoms with Crippen LogP contribution >= 0.6 is 0 Å². The molecule has 16 heavy (non-hydrogen) atoms. The molecule has 0 aliphatic carbocycles. The number of imidazole rings is 1. The van der Waals surface area contributed by atoms with Gasteiger partial charge < -0.3 is 10.1 Å². The molecule has 1 atom stereocenters. The van der Waals surface area contributed by atoms with Crippen molar-refractivity contribution in [1.29, 1.82) is 0 Å². The first-order chi connectivity index (χ1) is 7.23. The average Bonchev–Trinajstić information content (AvgIpc) is 2.50. The predicted molar refractivity (Wildman–Crippen MR) is 62.5 cm³/mol. The Kier molecular flexibility index (Phi) is 3.41. The largest absolute Gasteiger partial charge is 0.481 e. The van der Waals surface area contributed by atoms with E-state index in [9.17, 15) is 4.79 Å². The van der Waals surface area contributed by atoms with Gasteiger partial charge in [0.05, 0.1) is 0 Å². The quantitative estimate of drug-likeness (QED) is 0.829. The van der Waals surface area contributed by atoms with Crippen LogP contribution in [-0.2, 0) is 10.2 Å². The van der Waals surface area contributed by atoms with Crippen molar-refractivity contribution in [2.24, 2.45) is 5.92 Å². The highest BCUT2D eigenvalue weighted by molar-refractivity contribution is 5.75. The second kappa shape index (κ2) is 4.28. The number of H-pyrrole nitrogens is 1. The summed E-state index contributed by atoms with van der Waals surface area (Å²) in [6.45, 7) is 9.97. The van der Waals surface area contributed by atoms with Gasteiger partial charge in [-0.3, -0.25) is 4.79 Å². The zero-order valence-corrected chi connectivity index (χ0v) is 10.5. The highest BCUT2D eigenvalue weighted by Crippen LogP contribution is 2.26. The van der Waals surface area contributed by atoms with Crippen LogP contribution < -0.4 is 0 Å². The fourth-order valence-electron chi connectivity index (χ4n) is 1.59. The monoisotopic (exact) mass is 224 g/mol. The number of hydrogen-bond acceptors (Lipinski definition) is 2. The lowest BCUT2D eigenvalue weighted by atomic mass is 9.93. The van der Waals surface area contributed by atoms with Gasteiger partial charge in [0, 0.05) is 17.3 Å². The molecular weight excluding hydrogens is 204 g/mol. The van der Waals surface area contributed by atoms with Gasteiger partial charge in [0.2, 0.25) is 0 Å². The van der Waals surface area contributed by atoms with Crippen LogP contribution in [0.5, 0.6) is 0 Å².